The first kappa shape index (κ1) is 20.0. The van der Waals surface area contributed by atoms with Gasteiger partial charge in [0.25, 0.3) is 0 Å². The smallest absolute Gasteiger partial charge is 0.191 e. The molecule has 0 bridgehead atoms. The first-order valence-corrected chi connectivity index (χ1v) is 8.18. The standard InChI is InChI=1S/C17H27FN4.HI/c1-3-19-17(21-13-14-9-10-14)20-11-6-12-22(2)16-8-5-4-7-15(16)18;/h4-5,7-8,14H,3,6,9-13H2,1-2H3,(H2,19,20,21);1H. The molecule has 6 heteroatoms. The first-order valence-electron chi connectivity index (χ1n) is 8.18. The van der Waals surface area contributed by atoms with Gasteiger partial charge >= 0.3 is 0 Å². The lowest BCUT2D eigenvalue weighted by atomic mass is 10.2. The Morgan fingerprint density at radius 1 is 1.30 bits per heavy atom. The molecule has 130 valence electrons. The lowest BCUT2D eigenvalue weighted by molar-refractivity contribution is 0.619. The molecule has 0 amide bonds. The zero-order chi connectivity index (χ0) is 15.8. The number of anilines is 1. The number of benzene rings is 1. The number of nitrogens with zero attached hydrogens (tertiary/aromatic N) is 2. The summed E-state index contributed by atoms with van der Waals surface area (Å²) in [5.41, 5.74) is 0.650. The second kappa shape index (κ2) is 10.7. The van der Waals surface area contributed by atoms with Gasteiger partial charge in [-0.25, -0.2) is 4.39 Å². The number of aliphatic imine (C=N–C) groups is 1. The van der Waals surface area contributed by atoms with E-state index < -0.39 is 0 Å². The van der Waals surface area contributed by atoms with Gasteiger partial charge in [0, 0.05) is 33.2 Å². The highest BCUT2D eigenvalue weighted by atomic mass is 127. The normalized spacial score (nSPS) is 14.1. The van der Waals surface area contributed by atoms with Crippen molar-refractivity contribution in [2.45, 2.75) is 26.2 Å². The summed E-state index contributed by atoms with van der Waals surface area (Å²) >= 11 is 0. The van der Waals surface area contributed by atoms with Crippen molar-refractivity contribution >= 4 is 35.6 Å². The molecule has 0 heterocycles. The minimum Gasteiger partial charge on any atom is -0.372 e. The van der Waals surface area contributed by atoms with Gasteiger partial charge in [-0.05, 0) is 44.2 Å². The molecule has 1 saturated carbocycles. The van der Waals surface area contributed by atoms with Gasteiger partial charge in [-0.15, -0.1) is 24.0 Å². The van der Waals surface area contributed by atoms with Crippen molar-refractivity contribution in [2.24, 2.45) is 10.9 Å². The topological polar surface area (TPSA) is 39.7 Å². The van der Waals surface area contributed by atoms with E-state index in [0.717, 1.165) is 44.5 Å². The van der Waals surface area contributed by atoms with Gasteiger partial charge in [-0.2, -0.15) is 0 Å². The van der Waals surface area contributed by atoms with E-state index >= 15 is 0 Å². The number of halogens is 2. The summed E-state index contributed by atoms with van der Waals surface area (Å²) in [5, 5.41) is 6.60. The van der Waals surface area contributed by atoms with Crippen LogP contribution in [0.1, 0.15) is 26.2 Å². The number of hydrogen-bond acceptors (Lipinski definition) is 2. The molecule has 0 unspecified atom stereocenters. The van der Waals surface area contributed by atoms with E-state index in [1.54, 1.807) is 6.07 Å². The molecule has 0 aromatic heterocycles. The fraction of sp³-hybridized carbons (Fsp3) is 0.588. The summed E-state index contributed by atoms with van der Waals surface area (Å²) in [6, 6.07) is 6.88. The molecule has 0 spiro atoms. The van der Waals surface area contributed by atoms with Crippen molar-refractivity contribution in [3.05, 3.63) is 30.1 Å². The quantitative estimate of drug-likeness (QED) is 0.286. The van der Waals surface area contributed by atoms with Crippen LogP contribution in [0.3, 0.4) is 0 Å². The third kappa shape index (κ3) is 7.37. The van der Waals surface area contributed by atoms with Crippen molar-refractivity contribution < 1.29 is 4.39 Å². The average molecular weight is 434 g/mol. The van der Waals surface area contributed by atoms with Crippen molar-refractivity contribution in [1.82, 2.24) is 10.6 Å². The van der Waals surface area contributed by atoms with Crippen LogP contribution in [0.25, 0.3) is 0 Å². The molecule has 0 radical (unpaired) electrons. The van der Waals surface area contributed by atoms with Gasteiger partial charge in [0.05, 0.1) is 5.69 Å². The molecule has 0 aliphatic heterocycles. The van der Waals surface area contributed by atoms with Crippen molar-refractivity contribution in [3.8, 4) is 0 Å². The lowest BCUT2D eigenvalue weighted by Gasteiger charge is -2.20. The van der Waals surface area contributed by atoms with Gasteiger partial charge < -0.3 is 15.5 Å². The van der Waals surface area contributed by atoms with Crippen LogP contribution in [0.4, 0.5) is 10.1 Å². The van der Waals surface area contributed by atoms with Crippen molar-refractivity contribution in [1.29, 1.82) is 0 Å². The highest BCUT2D eigenvalue weighted by molar-refractivity contribution is 14.0. The number of guanidine groups is 1. The Morgan fingerprint density at radius 2 is 2.04 bits per heavy atom. The Hall–Kier alpha value is -1.05. The van der Waals surface area contributed by atoms with Crippen LogP contribution in [0.2, 0.25) is 0 Å². The Labute approximate surface area is 156 Å². The van der Waals surface area contributed by atoms with Crippen LogP contribution in [0.5, 0.6) is 0 Å². The van der Waals surface area contributed by atoms with E-state index in [-0.39, 0.29) is 29.8 Å². The molecule has 1 aromatic rings. The molecule has 2 N–H and O–H groups in total. The van der Waals surface area contributed by atoms with Gasteiger partial charge in [-0.1, -0.05) is 12.1 Å². The minimum atomic E-state index is -0.169. The fourth-order valence-corrected chi connectivity index (χ4v) is 2.27. The SMILES string of the molecule is CCNC(=NCC1CC1)NCCCN(C)c1ccccc1F.I. The zero-order valence-electron chi connectivity index (χ0n) is 14.0. The summed E-state index contributed by atoms with van der Waals surface area (Å²) in [5.74, 6) is 1.52. The minimum absolute atomic E-state index is 0. The number of para-hydroxylation sites is 1. The maximum atomic E-state index is 13.7. The number of hydrogen-bond donors (Lipinski definition) is 2. The fourth-order valence-electron chi connectivity index (χ4n) is 2.27. The highest BCUT2D eigenvalue weighted by Crippen LogP contribution is 2.28. The molecular weight excluding hydrogens is 406 g/mol. The average Bonchev–Trinajstić information content (AvgIpc) is 3.33. The second-order valence-electron chi connectivity index (χ2n) is 5.82. The Morgan fingerprint density at radius 3 is 2.70 bits per heavy atom. The number of rotatable bonds is 8. The van der Waals surface area contributed by atoms with Crippen molar-refractivity contribution in [2.75, 3.05) is 38.1 Å². The molecule has 0 saturated heterocycles. The van der Waals surface area contributed by atoms with Gasteiger partial charge in [0.1, 0.15) is 5.82 Å². The summed E-state index contributed by atoms with van der Waals surface area (Å²) < 4.78 is 13.7. The van der Waals surface area contributed by atoms with Gasteiger partial charge in [-0.3, -0.25) is 4.99 Å². The van der Waals surface area contributed by atoms with Crippen LogP contribution in [0, 0.1) is 11.7 Å². The van der Waals surface area contributed by atoms with Crippen LogP contribution >= 0.6 is 24.0 Å². The molecule has 1 aliphatic carbocycles. The second-order valence-corrected chi connectivity index (χ2v) is 5.82. The Kier molecular flexibility index (Phi) is 9.28. The Bertz CT molecular complexity index is 491. The largest absolute Gasteiger partial charge is 0.372 e. The van der Waals surface area contributed by atoms with Crippen LogP contribution in [0.15, 0.2) is 29.3 Å². The lowest BCUT2D eigenvalue weighted by Crippen LogP contribution is -2.38. The molecule has 1 aliphatic rings. The maximum absolute atomic E-state index is 13.7. The van der Waals surface area contributed by atoms with Crippen LogP contribution in [-0.4, -0.2) is 39.2 Å². The van der Waals surface area contributed by atoms with E-state index in [1.165, 1.54) is 18.9 Å². The molecular formula is C17H28FIN4. The summed E-state index contributed by atoms with van der Waals surface area (Å²) in [6.45, 7) is 5.49. The van der Waals surface area contributed by atoms with Crippen molar-refractivity contribution in [3.63, 3.8) is 0 Å². The maximum Gasteiger partial charge on any atom is 0.191 e. The van der Waals surface area contributed by atoms with E-state index in [9.17, 15) is 4.39 Å². The monoisotopic (exact) mass is 434 g/mol. The number of nitrogens with one attached hydrogen (secondary N) is 2. The third-order valence-electron chi connectivity index (χ3n) is 3.78. The van der Waals surface area contributed by atoms with E-state index in [2.05, 4.69) is 22.5 Å². The molecule has 4 nitrogen and oxygen atoms in total. The molecule has 1 aromatic carbocycles. The highest BCUT2D eigenvalue weighted by Gasteiger charge is 2.20. The Balaban J connectivity index is 0.00000264. The molecule has 1 fully saturated rings. The predicted molar refractivity (Wildman–Crippen MR) is 106 cm³/mol. The summed E-state index contributed by atoms with van der Waals surface area (Å²) in [4.78, 5) is 6.53. The van der Waals surface area contributed by atoms with Crippen LogP contribution in [-0.2, 0) is 0 Å². The van der Waals surface area contributed by atoms with Gasteiger partial charge in [0.15, 0.2) is 5.96 Å². The molecule has 2 rings (SSSR count). The molecule has 23 heavy (non-hydrogen) atoms. The zero-order valence-corrected chi connectivity index (χ0v) is 16.3. The third-order valence-corrected chi connectivity index (χ3v) is 3.78. The van der Waals surface area contributed by atoms with E-state index in [4.69, 9.17) is 0 Å². The van der Waals surface area contributed by atoms with Gasteiger partial charge in [0.2, 0.25) is 0 Å². The van der Waals surface area contributed by atoms with E-state index in [0.29, 0.717) is 5.69 Å². The summed E-state index contributed by atoms with van der Waals surface area (Å²) in [7, 11) is 1.92. The predicted octanol–water partition coefficient (Wildman–Crippen LogP) is 3.24. The molecule has 0 atom stereocenters. The first-order chi connectivity index (χ1) is 10.7. The summed E-state index contributed by atoms with van der Waals surface area (Å²) in [6.07, 6.45) is 3.56. The van der Waals surface area contributed by atoms with Crippen LogP contribution < -0.4 is 15.5 Å². The van der Waals surface area contributed by atoms with E-state index in [1.807, 2.05) is 24.1 Å².